The molecule has 1 unspecified atom stereocenters. The fourth-order valence-corrected chi connectivity index (χ4v) is 3.54. The highest BCUT2D eigenvalue weighted by Crippen LogP contribution is 2.15. The van der Waals surface area contributed by atoms with Gasteiger partial charge in [-0.3, -0.25) is 9.80 Å². The van der Waals surface area contributed by atoms with Gasteiger partial charge in [-0.05, 0) is 38.8 Å². The number of nitrogens with zero attached hydrogens (tertiary/aromatic N) is 2. The van der Waals surface area contributed by atoms with Crippen molar-refractivity contribution in [2.75, 3.05) is 32.7 Å². The molecule has 0 radical (unpaired) electrons. The Morgan fingerprint density at radius 1 is 1.05 bits per heavy atom. The fraction of sp³-hybridized carbons (Fsp3) is 0.667. The van der Waals surface area contributed by atoms with E-state index in [1.807, 2.05) is 0 Å². The minimum atomic E-state index is 0.679. The molecule has 118 valence electrons. The van der Waals surface area contributed by atoms with E-state index in [-0.39, 0.29) is 0 Å². The molecular formula is C18H31N3. The van der Waals surface area contributed by atoms with E-state index >= 15 is 0 Å². The predicted molar refractivity (Wildman–Crippen MR) is 90.5 cm³/mol. The summed E-state index contributed by atoms with van der Waals surface area (Å²) in [6.07, 6.45) is 2.35. The number of nitrogens with two attached hydrogens (primary N) is 1. The number of rotatable bonds is 6. The highest BCUT2D eigenvalue weighted by Gasteiger charge is 2.22. The third-order valence-corrected chi connectivity index (χ3v) is 4.58. The molecule has 0 aromatic heterocycles. The lowest BCUT2D eigenvalue weighted by Crippen LogP contribution is -2.50. The Bertz CT molecular complexity index is 416. The highest BCUT2D eigenvalue weighted by atomic mass is 15.3. The maximum absolute atomic E-state index is 5.73. The van der Waals surface area contributed by atoms with E-state index in [0.717, 1.165) is 19.5 Å². The van der Waals surface area contributed by atoms with Gasteiger partial charge in [0, 0.05) is 38.8 Å². The van der Waals surface area contributed by atoms with E-state index in [2.05, 4.69) is 48.8 Å². The van der Waals surface area contributed by atoms with Gasteiger partial charge in [0.2, 0.25) is 0 Å². The van der Waals surface area contributed by atoms with Crippen molar-refractivity contribution in [3.8, 4) is 0 Å². The summed E-state index contributed by atoms with van der Waals surface area (Å²) in [5.41, 5.74) is 9.93. The van der Waals surface area contributed by atoms with E-state index < -0.39 is 0 Å². The fourth-order valence-electron chi connectivity index (χ4n) is 3.54. The second-order valence-electron chi connectivity index (χ2n) is 6.45. The predicted octanol–water partition coefficient (Wildman–Crippen LogP) is 2.55. The van der Waals surface area contributed by atoms with Crippen molar-refractivity contribution in [2.45, 2.75) is 46.2 Å². The standard InChI is InChI=1S/C18H31N3/c1-4-18(5-6-19)21-9-7-20(8-10-21)14-17-12-15(2)11-16(3)13-17/h11-13,18H,4-10,14,19H2,1-3H3. The Morgan fingerprint density at radius 2 is 1.67 bits per heavy atom. The number of hydrogen-bond donors (Lipinski definition) is 1. The van der Waals surface area contributed by atoms with Gasteiger partial charge >= 0.3 is 0 Å². The largest absolute Gasteiger partial charge is 0.330 e. The minimum Gasteiger partial charge on any atom is -0.330 e. The molecule has 0 amide bonds. The van der Waals surface area contributed by atoms with E-state index in [1.165, 1.54) is 49.3 Å². The Morgan fingerprint density at radius 3 is 2.19 bits per heavy atom. The van der Waals surface area contributed by atoms with Crippen LogP contribution in [-0.4, -0.2) is 48.6 Å². The number of aryl methyl sites for hydroxylation is 2. The third-order valence-electron chi connectivity index (χ3n) is 4.58. The zero-order valence-electron chi connectivity index (χ0n) is 13.9. The van der Waals surface area contributed by atoms with Crippen LogP contribution in [0.15, 0.2) is 18.2 Å². The van der Waals surface area contributed by atoms with Crippen LogP contribution in [0.4, 0.5) is 0 Å². The third kappa shape index (κ3) is 4.80. The summed E-state index contributed by atoms with van der Waals surface area (Å²) in [6.45, 7) is 13.3. The zero-order valence-corrected chi connectivity index (χ0v) is 13.9. The molecule has 1 aliphatic heterocycles. The molecule has 1 aliphatic rings. The van der Waals surface area contributed by atoms with Crippen LogP contribution < -0.4 is 5.73 Å². The Balaban J connectivity index is 1.86. The van der Waals surface area contributed by atoms with Crippen LogP contribution in [0, 0.1) is 13.8 Å². The molecule has 0 saturated carbocycles. The zero-order chi connectivity index (χ0) is 15.2. The lowest BCUT2D eigenvalue weighted by molar-refractivity contribution is 0.0871. The van der Waals surface area contributed by atoms with Crippen LogP contribution in [0.3, 0.4) is 0 Å². The molecule has 1 saturated heterocycles. The van der Waals surface area contributed by atoms with Gasteiger partial charge in [0.25, 0.3) is 0 Å². The van der Waals surface area contributed by atoms with Crippen LogP contribution in [0.2, 0.25) is 0 Å². The van der Waals surface area contributed by atoms with Gasteiger partial charge in [0.1, 0.15) is 0 Å². The maximum Gasteiger partial charge on any atom is 0.0235 e. The first-order valence-corrected chi connectivity index (χ1v) is 8.36. The average molecular weight is 289 g/mol. The van der Waals surface area contributed by atoms with Crippen LogP contribution in [-0.2, 0) is 6.54 Å². The van der Waals surface area contributed by atoms with Crippen molar-refractivity contribution >= 4 is 0 Å². The Labute approximate surface area is 130 Å². The molecule has 1 aromatic rings. The molecule has 0 spiro atoms. The lowest BCUT2D eigenvalue weighted by Gasteiger charge is -2.39. The molecule has 1 fully saturated rings. The van der Waals surface area contributed by atoms with Crippen LogP contribution >= 0.6 is 0 Å². The summed E-state index contributed by atoms with van der Waals surface area (Å²) in [6, 6.07) is 7.57. The molecule has 2 N–H and O–H groups in total. The molecule has 1 atom stereocenters. The van der Waals surface area contributed by atoms with Gasteiger partial charge in [-0.15, -0.1) is 0 Å². The average Bonchev–Trinajstić information content (AvgIpc) is 2.45. The molecule has 2 rings (SSSR count). The van der Waals surface area contributed by atoms with Crippen molar-refractivity contribution in [3.05, 3.63) is 34.9 Å². The topological polar surface area (TPSA) is 32.5 Å². The van der Waals surface area contributed by atoms with E-state index in [0.29, 0.717) is 6.04 Å². The maximum atomic E-state index is 5.73. The van der Waals surface area contributed by atoms with Crippen LogP contribution in [0.25, 0.3) is 0 Å². The van der Waals surface area contributed by atoms with Crippen molar-refractivity contribution in [1.82, 2.24) is 9.80 Å². The minimum absolute atomic E-state index is 0.679. The highest BCUT2D eigenvalue weighted by molar-refractivity contribution is 5.28. The summed E-state index contributed by atoms with van der Waals surface area (Å²) >= 11 is 0. The number of hydrogen-bond acceptors (Lipinski definition) is 3. The number of piperazine rings is 1. The van der Waals surface area contributed by atoms with Gasteiger partial charge in [-0.1, -0.05) is 36.2 Å². The summed E-state index contributed by atoms with van der Waals surface area (Å²) in [5.74, 6) is 0. The van der Waals surface area contributed by atoms with E-state index in [1.54, 1.807) is 0 Å². The van der Waals surface area contributed by atoms with E-state index in [4.69, 9.17) is 5.73 Å². The molecule has 3 heteroatoms. The quantitative estimate of drug-likeness (QED) is 0.873. The first-order chi connectivity index (χ1) is 10.1. The first kappa shape index (κ1) is 16.5. The van der Waals surface area contributed by atoms with Crippen LogP contribution in [0.5, 0.6) is 0 Å². The molecule has 3 nitrogen and oxygen atoms in total. The van der Waals surface area contributed by atoms with Gasteiger partial charge in [0.05, 0.1) is 0 Å². The van der Waals surface area contributed by atoms with Gasteiger partial charge in [-0.2, -0.15) is 0 Å². The normalized spacial score (nSPS) is 18.9. The molecule has 0 bridgehead atoms. The molecule has 0 aliphatic carbocycles. The molecular weight excluding hydrogens is 258 g/mol. The molecule has 1 aromatic carbocycles. The van der Waals surface area contributed by atoms with Gasteiger partial charge < -0.3 is 5.73 Å². The van der Waals surface area contributed by atoms with Crippen molar-refractivity contribution in [2.24, 2.45) is 5.73 Å². The number of benzene rings is 1. The Kier molecular flexibility index (Phi) is 6.22. The lowest BCUT2D eigenvalue weighted by atomic mass is 10.1. The summed E-state index contributed by atoms with van der Waals surface area (Å²) < 4.78 is 0. The second kappa shape index (κ2) is 7.92. The van der Waals surface area contributed by atoms with Gasteiger partial charge in [-0.25, -0.2) is 0 Å². The summed E-state index contributed by atoms with van der Waals surface area (Å²) in [7, 11) is 0. The van der Waals surface area contributed by atoms with E-state index in [9.17, 15) is 0 Å². The van der Waals surface area contributed by atoms with Crippen molar-refractivity contribution < 1.29 is 0 Å². The molecule has 21 heavy (non-hydrogen) atoms. The summed E-state index contributed by atoms with van der Waals surface area (Å²) in [5, 5.41) is 0. The summed E-state index contributed by atoms with van der Waals surface area (Å²) in [4.78, 5) is 5.21. The van der Waals surface area contributed by atoms with Crippen molar-refractivity contribution in [1.29, 1.82) is 0 Å². The monoisotopic (exact) mass is 289 g/mol. The molecule has 1 heterocycles. The van der Waals surface area contributed by atoms with Crippen molar-refractivity contribution in [3.63, 3.8) is 0 Å². The Hall–Kier alpha value is -0.900. The SMILES string of the molecule is CCC(CCN)N1CCN(Cc2cc(C)cc(C)c2)CC1. The van der Waals surface area contributed by atoms with Gasteiger partial charge in [0.15, 0.2) is 0 Å². The van der Waals surface area contributed by atoms with Crippen LogP contribution in [0.1, 0.15) is 36.5 Å². The smallest absolute Gasteiger partial charge is 0.0235 e. The first-order valence-electron chi connectivity index (χ1n) is 8.36. The second-order valence-corrected chi connectivity index (χ2v) is 6.45.